The summed E-state index contributed by atoms with van der Waals surface area (Å²) in [5.41, 5.74) is 4.27. The smallest absolute Gasteiger partial charge is 0.263 e. The van der Waals surface area contributed by atoms with Crippen LogP contribution in [0.3, 0.4) is 0 Å². The average Bonchev–Trinajstić information content (AvgIpc) is 3.50. The molecule has 0 aliphatic rings. The summed E-state index contributed by atoms with van der Waals surface area (Å²) >= 11 is 2.75. The summed E-state index contributed by atoms with van der Waals surface area (Å²) in [7, 11) is -2.29. The van der Waals surface area contributed by atoms with Gasteiger partial charge in [0, 0.05) is 16.6 Å². The number of aromatic nitrogens is 2. The third-order valence-corrected chi connectivity index (χ3v) is 8.80. The molecule has 0 saturated heterocycles. The number of benzene rings is 3. The molecule has 3 aromatic carbocycles. The number of amides is 1. The van der Waals surface area contributed by atoms with Crippen LogP contribution in [0.25, 0.3) is 20.8 Å². The van der Waals surface area contributed by atoms with Crippen molar-refractivity contribution in [3.05, 3.63) is 83.4 Å². The Kier molecular flexibility index (Phi) is 6.92. The van der Waals surface area contributed by atoms with Gasteiger partial charge in [0.15, 0.2) is 5.13 Å². The van der Waals surface area contributed by atoms with Crippen molar-refractivity contribution >= 4 is 59.6 Å². The summed E-state index contributed by atoms with van der Waals surface area (Å²) in [6.07, 6.45) is 0.0136. The summed E-state index contributed by atoms with van der Waals surface area (Å²) in [6, 6.07) is 19.7. The molecule has 8 nitrogen and oxygen atoms in total. The number of nitrogens with one attached hydrogen (secondary N) is 2. The van der Waals surface area contributed by atoms with E-state index < -0.39 is 10.0 Å². The van der Waals surface area contributed by atoms with Gasteiger partial charge in [-0.15, -0.1) is 22.7 Å². The average molecular weight is 551 g/mol. The summed E-state index contributed by atoms with van der Waals surface area (Å²) < 4.78 is 33.9. The second-order valence-electron chi connectivity index (χ2n) is 8.22. The maximum Gasteiger partial charge on any atom is 0.263 e. The molecule has 0 bridgehead atoms. The number of nitrogens with zero attached hydrogens (tertiary/aromatic N) is 2. The van der Waals surface area contributed by atoms with Crippen LogP contribution in [0.5, 0.6) is 5.75 Å². The normalized spacial score (nSPS) is 11.4. The van der Waals surface area contributed by atoms with Gasteiger partial charge < -0.3 is 10.1 Å². The zero-order valence-corrected chi connectivity index (χ0v) is 22.3. The molecule has 0 saturated carbocycles. The minimum Gasteiger partial charge on any atom is -0.497 e. The number of aryl methyl sites for hydroxylation is 1. The monoisotopic (exact) mass is 550 g/mol. The van der Waals surface area contributed by atoms with Gasteiger partial charge in [-0.1, -0.05) is 6.07 Å². The molecule has 2 N–H and O–H groups in total. The first-order valence-corrected chi connectivity index (χ1v) is 14.4. The third-order valence-electron chi connectivity index (χ3n) is 5.44. The van der Waals surface area contributed by atoms with Gasteiger partial charge in [0.05, 0.1) is 34.3 Å². The van der Waals surface area contributed by atoms with Crippen molar-refractivity contribution in [2.45, 2.75) is 18.2 Å². The quantitative estimate of drug-likeness (QED) is 0.256. The molecule has 0 aliphatic carbocycles. The minimum absolute atomic E-state index is 0.0136. The fourth-order valence-electron chi connectivity index (χ4n) is 3.58. The van der Waals surface area contributed by atoms with Gasteiger partial charge in [0.1, 0.15) is 10.8 Å². The summed E-state index contributed by atoms with van der Waals surface area (Å²) in [6.45, 7) is 2.06. The number of carbonyl (C=O) groups excluding carboxylic acids is 1. The van der Waals surface area contributed by atoms with Crippen molar-refractivity contribution in [3.63, 3.8) is 0 Å². The molecule has 0 atom stereocenters. The SMILES string of the molecule is COc1ccc(S(=O)(=O)Nc2nc(CC(=O)Nc3ccc(-c4nc5ccc(C)cc5s4)cc3)cs2)cc1. The Morgan fingerprint density at radius 2 is 1.76 bits per heavy atom. The number of hydrogen-bond acceptors (Lipinski definition) is 8. The van der Waals surface area contributed by atoms with E-state index in [1.165, 1.54) is 24.8 Å². The minimum atomic E-state index is -3.80. The third kappa shape index (κ3) is 5.79. The number of fused-ring (bicyclic) bond motifs is 1. The Morgan fingerprint density at radius 1 is 1.00 bits per heavy atom. The number of hydrogen-bond donors (Lipinski definition) is 2. The Hall–Kier alpha value is -3.80. The lowest BCUT2D eigenvalue weighted by Crippen LogP contribution is -2.15. The van der Waals surface area contributed by atoms with Gasteiger partial charge in [-0.2, -0.15) is 0 Å². The number of anilines is 2. The molecule has 2 heterocycles. The van der Waals surface area contributed by atoms with Crippen LogP contribution in [0.4, 0.5) is 10.8 Å². The first-order chi connectivity index (χ1) is 17.8. The van der Waals surface area contributed by atoms with E-state index in [9.17, 15) is 13.2 Å². The van der Waals surface area contributed by atoms with E-state index in [1.54, 1.807) is 28.8 Å². The van der Waals surface area contributed by atoms with Crippen LogP contribution in [0, 0.1) is 6.92 Å². The largest absolute Gasteiger partial charge is 0.497 e. The molecule has 188 valence electrons. The standard InChI is InChI=1S/C26H22N4O4S3/c1-16-3-12-22-23(13-16)36-25(29-22)17-4-6-18(7-5-17)27-24(31)14-19-15-35-26(28-19)30-37(32,33)21-10-8-20(34-2)9-11-21/h3-13,15H,14H2,1-2H3,(H,27,31)(H,28,30). The molecule has 5 aromatic rings. The van der Waals surface area contributed by atoms with Gasteiger partial charge in [-0.3, -0.25) is 9.52 Å². The highest BCUT2D eigenvalue weighted by Crippen LogP contribution is 2.31. The van der Waals surface area contributed by atoms with E-state index in [0.29, 0.717) is 17.1 Å². The van der Waals surface area contributed by atoms with Crippen LogP contribution in [0.2, 0.25) is 0 Å². The van der Waals surface area contributed by atoms with Crippen LogP contribution in [-0.2, 0) is 21.2 Å². The number of thiazole rings is 2. The van der Waals surface area contributed by atoms with Crippen LogP contribution < -0.4 is 14.8 Å². The Balaban J connectivity index is 1.20. The van der Waals surface area contributed by atoms with Crippen molar-refractivity contribution < 1.29 is 17.9 Å². The molecule has 0 radical (unpaired) electrons. The molecular formula is C26H22N4O4S3. The zero-order valence-electron chi connectivity index (χ0n) is 19.9. The van der Waals surface area contributed by atoms with Crippen LogP contribution >= 0.6 is 22.7 Å². The topological polar surface area (TPSA) is 110 Å². The highest BCUT2D eigenvalue weighted by atomic mass is 32.2. The van der Waals surface area contributed by atoms with Crippen molar-refractivity contribution in [2.24, 2.45) is 0 Å². The van der Waals surface area contributed by atoms with E-state index in [-0.39, 0.29) is 22.4 Å². The molecule has 1 amide bonds. The lowest BCUT2D eigenvalue weighted by Gasteiger charge is -2.06. The zero-order chi connectivity index (χ0) is 26.0. The van der Waals surface area contributed by atoms with Gasteiger partial charge in [-0.05, 0) is 73.2 Å². The molecule has 0 spiro atoms. The first-order valence-electron chi connectivity index (χ1n) is 11.2. The Bertz CT molecular complexity index is 1680. The Morgan fingerprint density at radius 3 is 2.49 bits per heavy atom. The van der Waals surface area contributed by atoms with Crippen LogP contribution in [0.15, 0.2) is 77.0 Å². The van der Waals surface area contributed by atoms with Gasteiger partial charge in [-0.25, -0.2) is 18.4 Å². The van der Waals surface area contributed by atoms with E-state index in [4.69, 9.17) is 9.72 Å². The Labute approximate surface area is 222 Å². The molecular weight excluding hydrogens is 529 g/mol. The number of rotatable bonds is 8. The molecule has 37 heavy (non-hydrogen) atoms. The van der Waals surface area contributed by atoms with Gasteiger partial charge >= 0.3 is 0 Å². The summed E-state index contributed by atoms with van der Waals surface area (Å²) in [5.74, 6) is 0.307. The number of methoxy groups -OCH3 is 1. The van der Waals surface area contributed by atoms with Crippen LogP contribution in [-0.4, -0.2) is 31.4 Å². The predicted octanol–water partition coefficient (Wildman–Crippen LogP) is 5.72. The highest BCUT2D eigenvalue weighted by Gasteiger charge is 2.17. The fourth-order valence-corrected chi connectivity index (χ4v) is 6.62. The highest BCUT2D eigenvalue weighted by molar-refractivity contribution is 7.93. The summed E-state index contributed by atoms with van der Waals surface area (Å²) in [4.78, 5) is 21.6. The number of carbonyl (C=O) groups is 1. The van der Waals surface area contributed by atoms with Crippen LogP contribution in [0.1, 0.15) is 11.3 Å². The predicted molar refractivity (Wildman–Crippen MR) is 148 cm³/mol. The molecule has 2 aromatic heterocycles. The molecule has 0 aliphatic heterocycles. The van der Waals surface area contributed by atoms with Gasteiger partial charge in [0.2, 0.25) is 5.91 Å². The summed E-state index contributed by atoms with van der Waals surface area (Å²) in [5, 5.41) is 5.62. The lowest BCUT2D eigenvalue weighted by atomic mass is 10.2. The molecule has 0 unspecified atom stereocenters. The second-order valence-corrected chi connectivity index (χ2v) is 11.8. The maximum atomic E-state index is 12.6. The van der Waals surface area contributed by atoms with E-state index in [2.05, 4.69) is 28.0 Å². The fraction of sp³-hybridized carbons (Fsp3) is 0.115. The molecule has 5 rings (SSSR count). The first kappa shape index (κ1) is 24.9. The van der Waals surface area contributed by atoms with Crippen molar-refractivity contribution in [1.29, 1.82) is 0 Å². The lowest BCUT2D eigenvalue weighted by molar-refractivity contribution is -0.115. The molecule has 0 fully saturated rings. The van der Waals surface area contributed by atoms with Crippen molar-refractivity contribution in [2.75, 3.05) is 17.1 Å². The molecule has 11 heteroatoms. The van der Waals surface area contributed by atoms with Gasteiger partial charge in [0.25, 0.3) is 10.0 Å². The van der Waals surface area contributed by atoms with E-state index in [1.807, 2.05) is 36.4 Å². The van der Waals surface area contributed by atoms with Crippen molar-refractivity contribution in [1.82, 2.24) is 9.97 Å². The number of ether oxygens (including phenoxy) is 1. The number of sulfonamides is 1. The van der Waals surface area contributed by atoms with E-state index >= 15 is 0 Å². The maximum absolute atomic E-state index is 12.6. The van der Waals surface area contributed by atoms with Crippen molar-refractivity contribution in [3.8, 4) is 16.3 Å². The second kappa shape index (κ2) is 10.3. The van der Waals surface area contributed by atoms with E-state index in [0.717, 1.165) is 32.1 Å².